The molecule has 1 saturated carbocycles. The number of carbonyl (C=O) groups excluding carboxylic acids is 2. The van der Waals surface area contributed by atoms with Crippen molar-refractivity contribution in [3.8, 4) is 0 Å². The largest absolute Gasteiger partial charge is 0.379 e. The van der Waals surface area contributed by atoms with Gasteiger partial charge in [-0.05, 0) is 50.9 Å². The van der Waals surface area contributed by atoms with E-state index >= 15 is 0 Å². The van der Waals surface area contributed by atoms with Crippen LogP contribution in [-0.2, 0) is 20.7 Å². The Hall–Kier alpha value is -1.99. The molecule has 0 bridgehead atoms. The minimum atomic E-state index is -0.129. The van der Waals surface area contributed by atoms with Crippen molar-refractivity contribution in [1.29, 1.82) is 0 Å². The number of hydrogen-bond donors (Lipinski definition) is 1. The molecule has 1 aromatic rings. The summed E-state index contributed by atoms with van der Waals surface area (Å²) in [6, 6.07) is 3.68. The van der Waals surface area contributed by atoms with Gasteiger partial charge in [0.2, 0.25) is 11.8 Å². The number of hydrogen-bond acceptors (Lipinski definition) is 5. The highest BCUT2D eigenvalue weighted by molar-refractivity contribution is 5.80. The number of methoxy groups -OCH3 is 1. The summed E-state index contributed by atoms with van der Waals surface area (Å²) in [7, 11) is 3.77. The van der Waals surface area contributed by atoms with E-state index in [1.54, 1.807) is 19.5 Å². The van der Waals surface area contributed by atoms with E-state index in [1.807, 2.05) is 17.0 Å². The summed E-state index contributed by atoms with van der Waals surface area (Å²) < 4.78 is 5.66. The van der Waals surface area contributed by atoms with Crippen LogP contribution in [0.1, 0.15) is 31.2 Å². The summed E-state index contributed by atoms with van der Waals surface area (Å²) in [5.74, 6) is 0.206. The third kappa shape index (κ3) is 5.52. The van der Waals surface area contributed by atoms with E-state index in [9.17, 15) is 9.59 Å². The van der Waals surface area contributed by atoms with E-state index in [0.717, 1.165) is 51.0 Å². The Morgan fingerprint density at radius 3 is 2.86 bits per heavy atom. The van der Waals surface area contributed by atoms with Gasteiger partial charge in [-0.2, -0.15) is 0 Å². The maximum absolute atomic E-state index is 13.0. The van der Waals surface area contributed by atoms with Crippen LogP contribution in [0.25, 0.3) is 0 Å². The van der Waals surface area contributed by atoms with Gasteiger partial charge < -0.3 is 19.9 Å². The van der Waals surface area contributed by atoms with Gasteiger partial charge in [0, 0.05) is 45.1 Å². The topological polar surface area (TPSA) is 74.8 Å². The summed E-state index contributed by atoms with van der Waals surface area (Å²) in [5.41, 5.74) is 0.893. The molecule has 3 atom stereocenters. The Labute approximate surface area is 167 Å². The van der Waals surface area contributed by atoms with Crippen molar-refractivity contribution in [2.24, 2.45) is 5.92 Å². The maximum Gasteiger partial charge on any atom is 0.225 e. The molecule has 2 fully saturated rings. The van der Waals surface area contributed by atoms with Gasteiger partial charge >= 0.3 is 0 Å². The lowest BCUT2D eigenvalue weighted by Crippen LogP contribution is -2.50. The Balaban J connectivity index is 1.52. The molecule has 2 heterocycles. The molecule has 2 aliphatic rings. The molecule has 7 heteroatoms. The van der Waals surface area contributed by atoms with Crippen molar-refractivity contribution in [3.05, 3.63) is 30.1 Å². The molecule has 1 saturated heterocycles. The van der Waals surface area contributed by atoms with Gasteiger partial charge in [-0.25, -0.2) is 0 Å². The van der Waals surface area contributed by atoms with Gasteiger partial charge in [-0.1, -0.05) is 6.07 Å². The number of pyridine rings is 1. The molecule has 0 aromatic carbocycles. The molecule has 2 amide bonds. The first-order chi connectivity index (χ1) is 13.6. The number of aromatic nitrogens is 1. The van der Waals surface area contributed by atoms with Crippen LogP contribution < -0.4 is 5.32 Å². The molecular weight excluding hydrogens is 356 g/mol. The number of likely N-dealkylation sites (N-methyl/N-ethyl adjacent to an activating group) is 1. The molecule has 1 aliphatic carbocycles. The summed E-state index contributed by atoms with van der Waals surface area (Å²) in [6.07, 6.45) is 6.84. The fraction of sp³-hybridized carbons (Fsp3) is 0.667. The highest BCUT2D eigenvalue weighted by atomic mass is 16.5. The molecule has 1 aromatic heterocycles. The standard InChI is InChI=1S/C21H32N4O3/c1-24-9-4-10-25(12-11-24)21(27)17-6-7-18(19(14-17)28-2)23-20(26)13-16-5-3-8-22-15-16/h3,5,8,15,17-19H,4,6-7,9-14H2,1-2H3,(H,23,26)/t17-,18-,19-/m0/s1. The monoisotopic (exact) mass is 388 g/mol. The van der Waals surface area contributed by atoms with Crippen molar-refractivity contribution >= 4 is 11.8 Å². The first-order valence-corrected chi connectivity index (χ1v) is 10.2. The summed E-state index contributed by atoms with van der Waals surface area (Å²) in [6.45, 7) is 3.61. The minimum absolute atomic E-state index is 0.0140. The predicted octanol–water partition coefficient (Wildman–Crippen LogP) is 1.09. The Bertz CT molecular complexity index is 654. The highest BCUT2D eigenvalue weighted by Crippen LogP contribution is 2.28. The van der Waals surface area contributed by atoms with Gasteiger partial charge in [0.25, 0.3) is 0 Å². The van der Waals surface area contributed by atoms with Gasteiger partial charge in [-0.3, -0.25) is 14.6 Å². The number of amides is 2. The first kappa shape index (κ1) is 20.7. The molecular formula is C21H32N4O3. The third-order valence-electron chi connectivity index (χ3n) is 5.91. The zero-order valence-electron chi connectivity index (χ0n) is 17.0. The lowest BCUT2D eigenvalue weighted by Gasteiger charge is -2.37. The highest BCUT2D eigenvalue weighted by Gasteiger charge is 2.36. The zero-order valence-corrected chi connectivity index (χ0v) is 17.0. The second kappa shape index (κ2) is 9.98. The first-order valence-electron chi connectivity index (χ1n) is 10.2. The number of ether oxygens (including phenoxy) is 1. The molecule has 0 spiro atoms. The van der Waals surface area contributed by atoms with E-state index < -0.39 is 0 Å². The number of carbonyl (C=O) groups is 2. The molecule has 28 heavy (non-hydrogen) atoms. The average Bonchev–Trinajstić information content (AvgIpc) is 2.93. The Morgan fingerprint density at radius 1 is 1.25 bits per heavy atom. The average molecular weight is 389 g/mol. The second-order valence-corrected chi connectivity index (χ2v) is 7.98. The van der Waals surface area contributed by atoms with Crippen LogP contribution in [0.5, 0.6) is 0 Å². The molecule has 3 rings (SSSR count). The van der Waals surface area contributed by atoms with Crippen molar-refractivity contribution in [2.75, 3.05) is 40.3 Å². The SMILES string of the molecule is CO[C@H]1C[C@@H](C(=O)N2CCCN(C)CC2)CC[C@@H]1NC(=O)Cc1cccnc1. The summed E-state index contributed by atoms with van der Waals surface area (Å²) in [5, 5.41) is 3.10. The van der Waals surface area contributed by atoms with Gasteiger partial charge in [-0.15, -0.1) is 0 Å². The normalized spacial score (nSPS) is 26.5. The number of nitrogens with zero attached hydrogens (tertiary/aromatic N) is 3. The Morgan fingerprint density at radius 2 is 2.11 bits per heavy atom. The summed E-state index contributed by atoms with van der Waals surface area (Å²) >= 11 is 0. The van der Waals surface area contributed by atoms with E-state index in [0.29, 0.717) is 12.8 Å². The smallest absolute Gasteiger partial charge is 0.225 e. The van der Waals surface area contributed by atoms with Crippen molar-refractivity contribution in [3.63, 3.8) is 0 Å². The van der Waals surface area contributed by atoms with Crippen LogP contribution in [0.15, 0.2) is 24.5 Å². The van der Waals surface area contributed by atoms with Crippen molar-refractivity contribution in [1.82, 2.24) is 20.1 Å². The van der Waals surface area contributed by atoms with Crippen molar-refractivity contribution < 1.29 is 14.3 Å². The molecule has 1 N–H and O–H groups in total. The minimum Gasteiger partial charge on any atom is -0.379 e. The molecule has 0 radical (unpaired) electrons. The Kier molecular flexibility index (Phi) is 7.39. The predicted molar refractivity (Wildman–Crippen MR) is 107 cm³/mol. The van der Waals surface area contributed by atoms with Crippen LogP contribution in [0.3, 0.4) is 0 Å². The molecule has 154 valence electrons. The maximum atomic E-state index is 13.0. The molecule has 1 aliphatic heterocycles. The fourth-order valence-corrected chi connectivity index (χ4v) is 4.25. The third-order valence-corrected chi connectivity index (χ3v) is 5.91. The van der Waals surface area contributed by atoms with Crippen LogP contribution in [0, 0.1) is 5.92 Å². The van der Waals surface area contributed by atoms with E-state index in [-0.39, 0.29) is 29.9 Å². The van der Waals surface area contributed by atoms with E-state index in [1.165, 1.54) is 0 Å². The fourth-order valence-electron chi connectivity index (χ4n) is 4.25. The second-order valence-electron chi connectivity index (χ2n) is 7.98. The van der Waals surface area contributed by atoms with Crippen molar-refractivity contribution in [2.45, 2.75) is 44.2 Å². The number of rotatable bonds is 5. The lowest BCUT2D eigenvalue weighted by molar-refractivity contribution is -0.138. The van der Waals surface area contributed by atoms with E-state index in [2.05, 4.69) is 22.2 Å². The van der Waals surface area contributed by atoms with Crippen LogP contribution in [0.2, 0.25) is 0 Å². The quantitative estimate of drug-likeness (QED) is 0.817. The van der Waals surface area contributed by atoms with Crippen LogP contribution in [-0.4, -0.2) is 79.1 Å². The van der Waals surface area contributed by atoms with Gasteiger partial charge in [0.05, 0.1) is 18.6 Å². The van der Waals surface area contributed by atoms with Gasteiger partial charge in [0.15, 0.2) is 0 Å². The number of nitrogens with one attached hydrogen (secondary N) is 1. The molecule has 7 nitrogen and oxygen atoms in total. The zero-order chi connectivity index (χ0) is 19.9. The van der Waals surface area contributed by atoms with Crippen LogP contribution >= 0.6 is 0 Å². The van der Waals surface area contributed by atoms with Gasteiger partial charge in [0.1, 0.15) is 0 Å². The van der Waals surface area contributed by atoms with E-state index in [4.69, 9.17) is 4.74 Å². The molecule has 0 unspecified atom stereocenters. The summed E-state index contributed by atoms with van der Waals surface area (Å²) in [4.78, 5) is 33.7. The van der Waals surface area contributed by atoms with Crippen LogP contribution in [0.4, 0.5) is 0 Å². The lowest BCUT2D eigenvalue weighted by atomic mass is 9.82.